The number of nitrogens with two attached hydrogens (primary N) is 1. The van der Waals surface area contributed by atoms with E-state index in [1.165, 1.54) is 0 Å². The molecule has 1 aliphatic rings. The Balaban J connectivity index is 1.88. The minimum Gasteiger partial charge on any atom is -0.379 e. The highest BCUT2D eigenvalue weighted by molar-refractivity contribution is 5.14. The van der Waals surface area contributed by atoms with Gasteiger partial charge in [-0.1, -0.05) is 0 Å². The Kier molecular flexibility index (Phi) is 3.66. The maximum atomic E-state index is 6.10. The number of hydrogen-bond acceptors (Lipinski definition) is 4. The van der Waals surface area contributed by atoms with Crippen LogP contribution >= 0.6 is 0 Å². The summed E-state index contributed by atoms with van der Waals surface area (Å²) >= 11 is 0. The summed E-state index contributed by atoms with van der Waals surface area (Å²) in [5.41, 5.74) is 7.24. The van der Waals surface area contributed by atoms with Crippen LogP contribution in [0, 0.1) is 0 Å². The molecule has 82 valence electrons. The Hall–Kier alpha value is -0.970. The first-order chi connectivity index (χ1) is 7.36. The largest absolute Gasteiger partial charge is 0.379 e. The molecule has 15 heavy (non-hydrogen) atoms. The summed E-state index contributed by atoms with van der Waals surface area (Å²) in [6, 6.07) is 4.37. The highest BCUT2D eigenvalue weighted by atomic mass is 16.5. The van der Waals surface area contributed by atoms with Gasteiger partial charge in [0, 0.05) is 31.0 Å². The zero-order valence-electron chi connectivity index (χ0n) is 8.73. The lowest BCUT2D eigenvalue weighted by molar-refractivity contribution is 0.0720. The number of aromatic nitrogens is 1. The molecule has 1 aromatic rings. The fourth-order valence-corrected chi connectivity index (χ4v) is 1.82. The Morgan fingerprint density at radius 2 is 2.33 bits per heavy atom. The molecule has 1 saturated heterocycles. The van der Waals surface area contributed by atoms with E-state index in [-0.39, 0.29) is 6.04 Å². The van der Waals surface area contributed by atoms with Crippen LogP contribution in [0.2, 0.25) is 0 Å². The predicted molar refractivity (Wildman–Crippen MR) is 58.4 cm³/mol. The summed E-state index contributed by atoms with van der Waals surface area (Å²) in [5, 5.41) is 3.40. The second-order valence-electron chi connectivity index (χ2n) is 3.85. The quantitative estimate of drug-likeness (QED) is 0.756. The number of ether oxygens (including phenoxy) is 1. The molecule has 0 saturated carbocycles. The average molecular weight is 207 g/mol. The van der Waals surface area contributed by atoms with Gasteiger partial charge in [0.05, 0.1) is 13.2 Å². The molecule has 1 aromatic heterocycles. The van der Waals surface area contributed by atoms with E-state index < -0.39 is 0 Å². The second kappa shape index (κ2) is 5.21. The number of rotatable bonds is 3. The van der Waals surface area contributed by atoms with Crippen LogP contribution in [-0.4, -0.2) is 30.8 Å². The van der Waals surface area contributed by atoms with Gasteiger partial charge in [-0.05, 0) is 24.1 Å². The van der Waals surface area contributed by atoms with E-state index in [1.807, 2.05) is 12.1 Å². The molecule has 1 fully saturated rings. The number of nitrogens with one attached hydrogen (secondary N) is 1. The van der Waals surface area contributed by atoms with Crippen LogP contribution in [0.1, 0.15) is 18.0 Å². The molecule has 1 aliphatic heterocycles. The van der Waals surface area contributed by atoms with Crippen molar-refractivity contribution in [3.8, 4) is 0 Å². The summed E-state index contributed by atoms with van der Waals surface area (Å²) in [6.45, 7) is 2.49. The SMILES string of the molecule is NC(CC1COCCN1)c1ccncc1. The lowest BCUT2D eigenvalue weighted by Gasteiger charge is -2.26. The van der Waals surface area contributed by atoms with Gasteiger partial charge in [-0.2, -0.15) is 0 Å². The molecule has 0 aromatic carbocycles. The lowest BCUT2D eigenvalue weighted by Crippen LogP contribution is -2.42. The number of pyridine rings is 1. The van der Waals surface area contributed by atoms with E-state index in [9.17, 15) is 0 Å². The molecule has 3 N–H and O–H groups in total. The van der Waals surface area contributed by atoms with E-state index in [2.05, 4.69) is 10.3 Å². The first kappa shape index (κ1) is 10.5. The van der Waals surface area contributed by atoms with Gasteiger partial charge >= 0.3 is 0 Å². The third-order valence-electron chi connectivity index (χ3n) is 2.67. The highest BCUT2D eigenvalue weighted by Crippen LogP contribution is 2.15. The lowest BCUT2D eigenvalue weighted by atomic mass is 10.0. The molecule has 0 amide bonds. The number of hydrogen-bond donors (Lipinski definition) is 2. The monoisotopic (exact) mass is 207 g/mol. The van der Waals surface area contributed by atoms with Gasteiger partial charge in [0.15, 0.2) is 0 Å². The molecular formula is C11H17N3O. The van der Waals surface area contributed by atoms with E-state index in [0.29, 0.717) is 6.04 Å². The highest BCUT2D eigenvalue weighted by Gasteiger charge is 2.17. The summed E-state index contributed by atoms with van der Waals surface area (Å²) in [7, 11) is 0. The molecule has 4 nitrogen and oxygen atoms in total. The van der Waals surface area contributed by atoms with Crippen LogP contribution in [0.5, 0.6) is 0 Å². The van der Waals surface area contributed by atoms with Crippen molar-refractivity contribution in [2.24, 2.45) is 5.73 Å². The van der Waals surface area contributed by atoms with Crippen molar-refractivity contribution < 1.29 is 4.74 Å². The maximum Gasteiger partial charge on any atom is 0.0620 e. The van der Waals surface area contributed by atoms with Crippen molar-refractivity contribution >= 4 is 0 Å². The number of morpholine rings is 1. The van der Waals surface area contributed by atoms with Gasteiger partial charge in [0.25, 0.3) is 0 Å². The van der Waals surface area contributed by atoms with Crippen molar-refractivity contribution in [1.29, 1.82) is 0 Å². The molecule has 2 unspecified atom stereocenters. The van der Waals surface area contributed by atoms with Crippen LogP contribution in [-0.2, 0) is 4.74 Å². The van der Waals surface area contributed by atoms with E-state index in [1.54, 1.807) is 12.4 Å². The molecular weight excluding hydrogens is 190 g/mol. The first-order valence-electron chi connectivity index (χ1n) is 5.33. The van der Waals surface area contributed by atoms with Gasteiger partial charge in [0.2, 0.25) is 0 Å². The number of nitrogens with zero attached hydrogens (tertiary/aromatic N) is 1. The molecule has 2 atom stereocenters. The van der Waals surface area contributed by atoms with Gasteiger partial charge in [0.1, 0.15) is 0 Å². The van der Waals surface area contributed by atoms with Crippen LogP contribution in [0.25, 0.3) is 0 Å². The van der Waals surface area contributed by atoms with E-state index in [4.69, 9.17) is 10.5 Å². The minimum absolute atomic E-state index is 0.0622. The third kappa shape index (κ3) is 2.99. The minimum atomic E-state index is 0.0622. The van der Waals surface area contributed by atoms with Crippen molar-refractivity contribution in [3.05, 3.63) is 30.1 Å². The summed E-state index contributed by atoms with van der Waals surface area (Å²) in [5.74, 6) is 0. The van der Waals surface area contributed by atoms with Gasteiger partial charge in [-0.15, -0.1) is 0 Å². The fraction of sp³-hybridized carbons (Fsp3) is 0.545. The van der Waals surface area contributed by atoms with Crippen molar-refractivity contribution in [3.63, 3.8) is 0 Å². The van der Waals surface area contributed by atoms with Crippen molar-refractivity contribution in [2.45, 2.75) is 18.5 Å². The molecule has 4 heteroatoms. The molecule has 0 radical (unpaired) electrons. The molecule has 2 rings (SSSR count). The Labute approximate surface area is 89.8 Å². The summed E-state index contributed by atoms with van der Waals surface area (Å²) in [6.07, 6.45) is 4.46. The summed E-state index contributed by atoms with van der Waals surface area (Å²) in [4.78, 5) is 3.98. The topological polar surface area (TPSA) is 60.2 Å². The van der Waals surface area contributed by atoms with Gasteiger partial charge < -0.3 is 15.8 Å². The first-order valence-corrected chi connectivity index (χ1v) is 5.33. The normalized spacial score (nSPS) is 23.7. The Morgan fingerprint density at radius 1 is 1.53 bits per heavy atom. The van der Waals surface area contributed by atoms with Crippen molar-refractivity contribution in [1.82, 2.24) is 10.3 Å². The molecule has 0 aliphatic carbocycles. The molecule has 0 bridgehead atoms. The van der Waals surface area contributed by atoms with Crippen LogP contribution in [0.3, 0.4) is 0 Å². The van der Waals surface area contributed by atoms with Crippen LogP contribution in [0.4, 0.5) is 0 Å². The summed E-state index contributed by atoms with van der Waals surface area (Å²) < 4.78 is 5.39. The van der Waals surface area contributed by atoms with Gasteiger partial charge in [-0.25, -0.2) is 0 Å². The van der Waals surface area contributed by atoms with Crippen LogP contribution < -0.4 is 11.1 Å². The van der Waals surface area contributed by atoms with Gasteiger partial charge in [-0.3, -0.25) is 4.98 Å². The zero-order chi connectivity index (χ0) is 10.5. The van der Waals surface area contributed by atoms with Crippen LogP contribution in [0.15, 0.2) is 24.5 Å². The standard InChI is InChI=1S/C11H17N3O/c12-11(9-1-3-13-4-2-9)7-10-8-15-6-5-14-10/h1-4,10-11,14H,5-8,12H2. The average Bonchev–Trinajstić information content (AvgIpc) is 2.31. The Bertz CT molecular complexity index is 285. The second-order valence-corrected chi connectivity index (χ2v) is 3.85. The smallest absolute Gasteiger partial charge is 0.0620 e. The van der Waals surface area contributed by atoms with E-state index in [0.717, 1.165) is 31.7 Å². The zero-order valence-corrected chi connectivity index (χ0v) is 8.73. The Morgan fingerprint density at radius 3 is 3.00 bits per heavy atom. The fourth-order valence-electron chi connectivity index (χ4n) is 1.82. The predicted octanol–water partition coefficient (Wildman–Crippen LogP) is 0.460. The third-order valence-corrected chi connectivity index (χ3v) is 2.67. The molecule has 2 heterocycles. The van der Waals surface area contributed by atoms with E-state index >= 15 is 0 Å². The maximum absolute atomic E-state index is 6.10. The molecule has 0 spiro atoms. The van der Waals surface area contributed by atoms with Crippen molar-refractivity contribution in [2.75, 3.05) is 19.8 Å².